The van der Waals surface area contributed by atoms with E-state index in [2.05, 4.69) is 11.9 Å². The fourth-order valence-corrected chi connectivity index (χ4v) is 1.34. The second kappa shape index (κ2) is 8.41. The molecule has 0 spiro atoms. The summed E-state index contributed by atoms with van der Waals surface area (Å²) in [5, 5.41) is 3.07. The highest BCUT2D eigenvalue weighted by Crippen LogP contribution is 1.99. The molecule has 0 heterocycles. The molecule has 0 aromatic rings. The topological polar surface area (TPSA) is 38.3 Å². The molecule has 0 saturated carbocycles. The first-order valence-corrected chi connectivity index (χ1v) is 5.36. The summed E-state index contributed by atoms with van der Waals surface area (Å²) < 4.78 is 4.83. The Bertz CT molecular complexity index is 176. The summed E-state index contributed by atoms with van der Waals surface area (Å²) in [4.78, 5) is 11.0. The van der Waals surface area contributed by atoms with Crippen molar-refractivity contribution in [3.8, 4) is 0 Å². The van der Waals surface area contributed by atoms with Gasteiger partial charge in [-0.25, -0.2) is 0 Å². The van der Waals surface area contributed by atoms with E-state index < -0.39 is 0 Å². The lowest BCUT2D eigenvalue weighted by Gasteiger charge is -2.03. The maximum absolute atomic E-state index is 11.0. The van der Waals surface area contributed by atoms with E-state index in [0.717, 1.165) is 5.75 Å². The van der Waals surface area contributed by atoms with Gasteiger partial charge in [0.25, 0.3) is 0 Å². The highest BCUT2D eigenvalue weighted by Gasteiger charge is 2.00. The molecular weight excluding hydrogens is 210 g/mol. The van der Waals surface area contributed by atoms with E-state index in [9.17, 15) is 4.79 Å². The molecule has 0 aliphatic heterocycles. The molecule has 0 aromatic carbocycles. The molecule has 5 heteroatoms. The van der Waals surface area contributed by atoms with Gasteiger partial charge in [-0.15, -0.1) is 11.8 Å². The lowest BCUT2D eigenvalue weighted by atomic mass is 10.6. The SMILES string of the molecule is C=C(Cl)CNC(=O)CSCCOC. The van der Waals surface area contributed by atoms with Crippen LogP contribution in [-0.2, 0) is 9.53 Å². The van der Waals surface area contributed by atoms with Gasteiger partial charge in [-0.1, -0.05) is 18.2 Å². The number of carbonyl (C=O) groups is 1. The third kappa shape index (κ3) is 9.73. The lowest BCUT2D eigenvalue weighted by Crippen LogP contribution is -2.26. The molecule has 0 bridgehead atoms. The van der Waals surface area contributed by atoms with Crippen molar-refractivity contribution in [1.29, 1.82) is 0 Å². The van der Waals surface area contributed by atoms with Gasteiger partial charge < -0.3 is 10.1 Å². The number of carbonyl (C=O) groups excluding carboxylic acids is 1. The third-order valence-electron chi connectivity index (χ3n) is 1.14. The number of hydrogen-bond acceptors (Lipinski definition) is 3. The molecule has 0 aliphatic carbocycles. The van der Waals surface area contributed by atoms with Crippen LogP contribution in [0, 0.1) is 0 Å². The number of thioether (sulfide) groups is 1. The number of halogens is 1. The van der Waals surface area contributed by atoms with E-state index in [-0.39, 0.29) is 5.91 Å². The van der Waals surface area contributed by atoms with Crippen LogP contribution >= 0.6 is 23.4 Å². The van der Waals surface area contributed by atoms with Gasteiger partial charge in [-0.3, -0.25) is 4.79 Å². The van der Waals surface area contributed by atoms with Gasteiger partial charge in [0.2, 0.25) is 5.91 Å². The molecule has 0 rings (SSSR count). The summed E-state index contributed by atoms with van der Waals surface area (Å²) in [7, 11) is 1.64. The van der Waals surface area contributed by atoms with Gasteiger partial charge in [0, 0.05) is 17.9 Å². The molecule has 1 amide bonds. The van der Waals surface area contributed by atoms with Crippen molar-refractivity contribution in [2.45, 2.75) is 0 Å². The smallest absolute Gasteiger partial charge is 0.230 e. The van der Waals surface area contributed by atoms with Crippen molar-refractivity contribution in [2.75, 3.05) is 31.8 Å². The number of methoxy groups -OCH3 is 1. The predicted molar refractivity (Wildman–Crippen MR) is 57.2 cm³/mol. The van der Waals surface area contributed by atoms with Crippen LogP contribution in [0.5, 0.6) is 0 Å². The van der Waals surface area contributed by atoms with Crippen LogP contribution < -0.4 is 5.32 Å². The molecule has 0 unspecified atom stereocenters. The van der Waals surface area contributed by atoms with E-state index in [1.165, 1.54) is 11.8 Å². The van der Waals surface area contributed by atoms with Gasteiger partial charge in [-0.05, 0) is 0 Å². The number of rotatable bonds is 7. The normalized spacial score (nSPS) is 9.69. The number of nitrogens with one attached hydrogen (secondary N) is 1. The second-order valence-corrected chi connectivity index (χ2v) is 3.98. The minimum Gasteiger partial charge on any atom is -0.384 e. The van der Waals surface area contributed by atoms with Gasteiger partial charge in [0.1, 0.15) is 0 Å². The Morgan fingerprint density at radius 1 is 1.69 bits per heavy atom. The van der Waals surface area contributed by atoms with Crippen LogP contribution in [0.4, 0.5) is 0 Å². The fraction of sp³-hybridized carbons (Fsp3) is 0.625. The Kier molecular flexibility index (Phi) is 8.29. The minimum atomic E-state index is -0.0251. The Labute approximate surface area is 87.9 Å². The molecule has 1 N–H and O–H groups in total. The summed E-state index contributed by atoms with van der Waals surface area (Å²) in [6.45, 7) is 4.47. The monoisotopic (exact) mass is 223 g/mol. The van der Waals surface area contributed by atoms with Crippen LogP contribution in [-0.4, -0.2) is 37.7 Å². The van der Waals surface area contributed by atoms with Crippen LogP contribution in [0.2, 0.25) is 0 Å². The Hall–Kier alpha value is -0.190. The van der Waals surface area contributed by atoms with Crippen LogP contribution in [0.25, 0.3) is 0 Å². The Balaban J connectivity index is 3.25. The zero-order valence-corrected chi connectivity index (χ0v) is 9.21. The maximum Gasteiger partial charge on any atom is 0.230 e. The van der Waals surface area contributed by atoms with Crippen LogP contribution in [0.1, 0.15) is 0 Å². The minimum absolute atomic E-state index is 0.0251. The van der Waals surface area contributed by atoms with Crippen molar-refractivity contribution < 1.29 is 9.53 Å². The summed E-state index contributed by atoms with van der Waals surface area (Å²) in [5.41, 5.74) is 0. The third-order valence-corrected chi connectivity index (χ3v) is 2.20. The van der Waals surface area contributed by atoms with Gasteiger partial charge in [-0.2, -0.15) is 0 Å². The molecule has 0 aromatic heterocycles. The van der Waals surface area contributed by atoms with Gasteiger partial charge in [0.15, 0.2) is 0 Å². The average molecular weight is 224 g/mol. The number of ether oxygens (including phenoxy) is 1. The van der Waals surface area contributed by atoms with Crippen LogP contribution in [0.15, 0.2) is 11.6 Å². The van der Waals surface area contributed by atoms with Crippen molar-refractivity contribution in [2.24, 2.45) is 0 Å². The van der Waals surface area contributed by atoms with E-state index >= 15 is 0 Å². The molecular formula is C8H14ClNO2S. The maximum atomic E-state index is 11.0. The zero-order valence-electron chi connectivity index (χ0n) is 7.64. The molecule has 3 nitrogen and oxygen atoms in total. The van der Waals surface area contributed by atoms with Gasteiger partial charge in [0.05, 0.1) is 18.9 Å². The fourth-order valence-electron chi connectivity index (χ4n) is 0.553. The van der Waals surface area contributed by atoms with Crippen molar-refractivity contribution >= 4 is 29.3 Å². The number of hydrogen-bond donors (Lipinski definition) is 1. The summed E-state index contributed by atoms with van der Waals surface area (Å²) in [5.74, 6) is 1.24. The first-order chi connectivity index (χ1) is 6.16. The van der Waals surface area contributed by atoms with E-state index in [0.29, 0.717) is 23.9 Å². The predicted octanol–water partition coefficient (Wildman–Crippen LogP) is 1.23. The van der Waals surface area contributed by atoms with Crippen molar-refractivity contribution in [3.05, 3.63) is 11.6 Å². The second-order valence-electron chi connectivity index (χ2n) is 2.34. The number of amides is 1. The Morgan fingerprint density at radius 3 is 2.92 bits per heavy atom. The molecule has 0 fully saturated rings. The lowest BCUT2D eigenvalue weighted by molar-refractivity contribution is -0.118. The average Bonchev–Trinajstić information content (AvgIpc) is 2.09. The molecule has 76 valence electrons. The summed E-state index contributed by atoms with van der Waals surface area (Å²) in [6.07, 6.45) is 0. The van der Waals surface area contributed by atoms with E-state index in [4.69, 9.17) is 16.3 Å². The van der Waals surface area contributed by atoms with Crippen molar-refractivity contribution in [3.63, 3.8) is 0 Å². The molecule has 0 aliphatic rings. The largest absolute Gasteiger partial charge is 0.384 e. The quantitative estimate of drug-likeness (QED) is 0.660. The summed E-state index contributed by atoms with van der Waals surface area (Å²) in [6, 6.07) is 0. The summed E-state index contributed by atoms with van der Waals surface area (Å²) >= 11 is 7.00. The zero-order chi connectivity index (χ0) is 10.1. The highest BCUT2D eigenvalue weighted by atomic mass is 35.5. The van der Waals surface area contributed by atoms with E-state index in [1.54, 1.807) is 7.11 Å². The van der Waals surface area contributed by atoms with Crippen molar-refractivity contribution in [1.82, 2.24) is 5.32 Å². The van der Waals surface area contributed by atoms with E-state index in [1.807, 2.05) is 0 Å². The first kappa shape index (κ1) is 12.8. The molecule has 13 heavy (non-hydrogen) atoms. The first-order valence-electron chi connectivity index (χ1n) is 3.83. The van der Waals surface area contributed by atoms with Crippen LogP contribution in [0.3, 0.4) is 0 Å². The Morgan fingerprint density at radius 2 is 2.38 bits per heavy atom. The molecule has 0 atom stereocenters. The molecule has 0 saturated heterocycles. The molecule has 0 radical (unpaired) electrons. The highest BCUT2D eigenvalue weighted by molar-refractivity contribution is 7.99. The van der Waals surface area contributed by atoms with Gasteiger partial charge >= 0.3 is 0 Å². The standard InChI is InChI=1S/C8H14ClNO2S/c1-7(9)5-10-8(11)6-13-4-3-12-2/h1,3-6H2,2H3,(H,10,11).